The minimum absolute atomic E-state index is 0.284. The summed E-state index contributed by atoms with van der Waals surface area (Å²) in [4.78, 5) is 4.43. The molecule has 110 valence electrons. The molecular formula is C17H10ClF2NS. The number of hydrogen-bond donors (Lipinski definition) is 0. The first-order chi connectivity index (χ1) is 10.6. The van der Waals surface area contributed by atoms with Gasteiger partial charge in [-0.15, -0.1) is 11.3 Å². The van der Waals surface area contributed by atoms with Crippen LogP contribution in [-0.2, 0) is 0 Å². The van der Waals surface area contributed by atoms with E-state index in [4.69, 9.17) is 11.6 Å². The van der Waals surface area contributed by atoms with Gasteiger partial charge in [0.05, 0.1) is 10.7 Å². The molecule has 0 aliphatic rings. The molecule has 22 heavy (non-hydrogen) atoms. The van der Waals surface area contributed by atoms with Crippen LogP contribution in [0, 0.1) is 11.6 Å². The Balaban J connectivity index is 1.85. The normalized spacial score (nSPS) is 11.2. The van der Waals surface area contributed by atoms with E-state index in [2.05, 4.69) is 4.98 Å². The summed E-state index contributed by atoms with van der Waals surface area (Å²) < 4.78 is 26.6. The molecule has 1 heterocycles. The summed E-state index contributed by atoms with van der Waals surface area (Å²) in [7, 11) is 0. The van der Waals surface area contributed by atoms with Crippen molar-refractivity contribution in [3.05, 3.63) is 75.1 Å². The maximum atomic E-state index is 13.7. The molecule has 2 aromatic carbocycles. The van der Waals surface area contributed by atoms with Crippen LogP contribution < -0.4 is 0 Å². The third-order valence-corrected chi connectivity index (χ3v) is 4.19. The van der Waals surface area contributed by atoms with E-state index in [-0.39, 0.29) is 11.6 Å². The second-order valence-electron chi connectivity index (χ2n) is 4.55. The minimum Gasteiger partial charge on any atom is -0.237 e. The Labute approximate surface area is 135 Å². The lowest BCUT2D eigenvalue weighted by Gasteiger charge is -1.98. The van der Waals surface area contributed by atoms with E-state index >= 15 is 0 Å². The van der Waals surface area contributed by atoms with E-state index in [1.807, 2.05) is 5.38 Å². The summed E-state index contributed by atoms with van der Waals surface area (Å²) in [5.41, 5.74) is 1.92. The summed E-state index contributed by atoms with van der Waals surface area (Å²) in [5, 5.41) is 2.95. The number of benzene rings is 2. The third-order valence-electron chi connectivity index (χ3n) is 3.05. The molecule has 0 N–H and O–H groups in total. The van der Waals surface area contributed by atoms with Gasteiger partial charge < -0.3 is 0 Å². The molecule has 5 heteroatoms. The lowest BCUT2D eigenvalue weighted by molar-refractivity contribution is 0.625. The monoisotopic (exact) mass is 333 g/mol. The second kappa shape index (κ2) is 6.38. The molecule has 0 aliphatic heterocycles. The largest absolute Gasteiger partial charge is 0.237 e. The molecule has 0 atom stereocenters. The summed E-state index contributed by atoms with van der Waals surface area (Å²) in [6, 6.07) is 10.7. The van der Waals surface area contributed by atoms with Crippen LogP contribution in [-0.4, -0.2) is 4.98 Å². The van der Waals surface area contributed by atoms with Gasteiger partial charge in [0.25, 0.3) is 0 Å². The zero-order valence-corrected chi connectivity index (χ0v) is 12.8. The maximum absolute atomic E-state index is 13.7. The van der Waals surface area contributed by atoms with Crippen molar-refractivity contribution in [2.45, 2.75) is 0 Å². The number of nitrogens with zero attached hydrogens (tertiary/aromatic N) is 1. The van der Waals surface area contributed by atoms with Gasteiger partial charge in [0.2, 0.25) is 0 Å². The van der Waals surface area contributed by atoms with Gasteiger partial charge in [-0.2, -0.15) is 0 Å². The van der Waals surface area contributed by atoms with Crippen molar-refractivity contribution >= 4 is 35.1 Å². The van der Waals surface area contributed by atoms with Crippen molar-refractivity contribution in [2.75, 3.05) is 0 Å². The van der Waals surface area contributed by atoms with Gasteiger partial charge in [-0.05, 0) is 48.6 Å². The Morgan fingerprint density at radius 3 is 2.50 bits per heavy atom. The highest BCUT2D eigenvalue weighted by atomic mass is 35.5. The van der Waals surface area contributed by atoms with E-state index in [1.54, 1.807) is 36.4 Å². The Morgan fingerprint density at radius 1 is 1.00 bits per heavy atom. The van der Waals surface area contributed by atoms with Crippen LogP contribution in [0.15, 0.2) is 47.8 Å². The SMILES string of the molecule is Fc1ccc(-c2csc(/C=C/c3c(F)cccc3Cl)n2)cc1. The molecule has 0 aliphatic carbocycles. The molecular weight excluding hydrogens is 324 g/mol. The number of rotatable bonds is 3. The van der Waals surface area contributed by atoms with Gasteiger partial charge in [-0.25, -0.2) is 13.8 Å². The molecule has 0 unspecified atom stereocenters. The van der Waals surface area contributed by atoms with Crippen molar-refractivity contribution in [1.82, 2.24) is 4.98 Å². The Hall–Kier alpha value is -2.04. The number of halogens is 3. The average molecular weight is 334 g/mol. The van der Waals surface area contributed by atoms with Crippen molar-refractivity contribution in [2.24, 2.45) is 0 Å². The fraction of sp³-hybridized carbons (Fsp3) is 0. The highest BCUT2D eigenvalue weighted by Crippen LogP contribution is 2.25. The Bertz CT molecular complexity index is 805. The zero-order chi connectivity index (χ0) is 15.5. The Morgan fingerprint density at radius 2 is 1.77 bits per heavy atom. The molecule has 0 saturated heterocycles. The van der Waals surface area contributed by atoms with Gasteiger partial charge in [0.15, 0.2) is 0 Å². The molecule has 0 bridgehead atoms. The predicted octanol–water partition coefficient (Wildman–Crippen LogP) is 5.91. The summed E-state index contributed by atoms with van der Waals surface area (Å²) in [5.74, 6) is -0.660. The van der Waals surface area contributed by atoms with E-state index in [0.717, 1.165) is 16.3 Å². The summed E-state index contributed by atoms with van der Waals surface area (Å²) in [6.07, 6.45) is 3.31. The van der Waals surface area contributed by atoms with Crippen molar-refractivity contribution in [1.29, 1.82) is 0 Å². The van der Waals surface area contributed by atoms with Gasteiger partial charge in [-0.1, -0.05) is 17.7 Å². The van der Waals surface area contributed by atoms with Crippen molar-refractivity contribution in [3.63, 3.8) is 0 Å². The highest BCUT2D eigenvalue weighted by molar-refractivity contribution is 7.10. The third kappa shape index (κ3) is 3.24. The lowest BCUT2D eigenvalue weighted by atomic mass is 10.2. The van der Waals surface area contributed by atoms with Crippen LogP contribution in [0.4, 0.5) is 8.78 Å². The van der Waals surface area contributed by atoms with Gasteiger partial charge in [0, 0.05) is 16.5 Å². The van der Waals surface area contributed by atoms with E-state index in [1.165, 1.54) is 29.5 Å². The van der Waals surface area contributed by atoms with Crippen molar-refractivity contribution in [3.8, 4) is 11.3 Å². The first-order valence-corrected chi connectivity index (χ1v) is 7.73. The summed E-state index contributed by atoms with van der Waals surface area (Å²) in [6.45, 7) is 0. The van der Waals surface area contributed by atoms with Crippen LogP contribution in [0.5, 0.6) is 0 Å². The number of aromatic nitrogens is 1. The first kappa shape index (κ1) is 14.9. The predicted molar refractivity (Wildman–Crippen MR) is 87.8 cm³/mol. The second-order valence-corrected chi connectivity index (χ2v) is 5.84. The molecule has 0 amide bonds. The molecule has 0 saturated carbocycles. The van der Waals surface area contributed by atoms with E-state index in [9.17, 15) is 8.78 Å². The molecule has 0 radical (unpaired) electrons. The minimum atomic E-state index is -0.376. The summed E-state index contributed by atoms with van der Waals surface area (Å²) >= 11 is 7.39. The highest BCUT2D eigenvalue weighted by Gasteiger charge is 2.05. The number of hydrogen-bond acceptors (Lipinski definition) is 2. The molecule has 3 aromatic rings. The Kier molecular flexibility index (Phi) is 4.32. The van der Waals surface area contributed by atoms with Crippen LogP contribution in [0.25, 0.3) is 23.4 Å². The zero-order valence-electron chi connectivity index (χ0n) is 11.3. The lowest BCUT2D eigenvalue weighted by Crippen LogP contribution is -1.82. The molecule has 1 aromatic heterocycles. The number of thiazole rings is 1. The first-order valence-electron chi connectivity index (χ1n) is 6.47. The topological polar surface area (TPSA) is 12.9 Å². The van der Waals surface area contributed by atoms with Crippen LogP contribution in [0.2, 0.25) is 5.02 Å². The van der Waals surface area contributed by atoms with Gasteiger partial charge in [-0.3, -0.25) is 0 Å². The van der Waals surface area contributed by atoms with Crippen LogP contribution >= 0.6 is 22.9 Å². The van der Waals surface area contributed by atoms with E-state index in [0.29, 0.717) is 10.6 Å². The fourth-order valence-corrected chi connectivity index (χ4v) is 2.89. The fourth-order valence-electron chi connectivity index (χ4n) is 1.94. The standard InChI is InChI=1S/C17H10ClF2NS/c18-14-2-1-3-15(20)13(14)8-9-17-21-16(10-22-17)11-4-6-12(19)7-5-11/h1-10H/b9-8+. The quantitative estimate of drug-likeness (QED) is 0.580. The van der Waals surface area contributed by atoms with Gasteiger partial charge >= 0.3 is 0 Å². The van der Waals surface area contributed by atoms with Crippen LogP contribution in [0.3, 0.4) is 0 Å². The molecule has 0 spiro atoms. The smallest absolute Gasteiger partial charge is 0.131 e. The maximum Gasteiger partial charge on any atom is 0.131 e. The molecule has 1 nitrogen and oxygen atoms in total. The molecule has 3 rings (SSSR count). The van der Waals surface area contributed by atoms with Crippen LogP contribution in [0.1, 0.15) is 10.6 Å². The van der Waals surface area contributed by atoms with Gasteiger partial charge in [0.1, 0.15) is 16.6 Å². The van der Waals surface area contributed by atoms with Crippen molar-refractivity contribution < 1.29 is 8.78 Å². The molecule has 0 fully saturated rings. The van der Waals surface area contributed by atoms with E-state index < -0.39 is 0 Å². The average Bonchev–Trinajstić information content (AvgIpc) is 2.96.